The summed E-state index contributed by atoms with van der Waals surface area (Å²) in [7, 11) is 0. The van der Waals surface area contributed by atoms with Crippen molar-refractivity contribution in [2.24, 2.45) is 5.73 Å². The van der Waals surface area contributed by atoms with Crippen LogP contribution in [-0.2, 0) is 14.3 Å². The van der Waals surface area contributed by atoms with Gasteiger partial charge in [0.2, 0.25) is 5.91 Å². The first-order chi connectivity index (χ1) is 5.54. The minimum Gasteiger partial charge on any atom is -0.370 e. The molecule has 0 aromatic heterocycles. The Labute approximate surface area is 74.0 Å². The summed E-state index contributed by atoms with van der Waals surface area (Å²) < 4.78 is 10.1. The van der Waals surface area contributed by atoms with Crippen molar-refractivity contribution in [3.8, 4) is 0 Å². The van der Waals surface area contributed by atoms with E-state index in [1.54, 1.807) is 0 Å². The van der Waals surface area contributed by atoms with Crippen molar-refractivity contribution < 1.29 is 14.3 Å². The van der Waals surface area contributed by atoms with E-state index in [0.717, 1.165) is 13.2 Å². The molecule has 0 spiro atoms. The molecule has 0 aliphatic carbocycles. The van der Waals surface area contributed by atoms with Gasteiger partial charge in [0.05, 0.1) is 0 Å². The van der Waals surface area contributed by atoms with Crippen molar-refractivity contribution in [3.63, 3.8) is 0 Å². The lowest BCUT2D eigenvalue weighted by Crippen LogP contribution is -2.11. The van der Waals surface area contributed by atoms with Crippen LogP contribution < -0.4 is 5.73 Å². The second kappa shape index (κ2) is 10.4. The van der Waals surface area contributed by atoms with E-state index in [4.69, 9.17) is 9.47 Å². The molecule has 1 amide bonds. The van der Waals surface area contributed by atoms with E-state index in [1.807, 2.05) is 20.8 Å². The Balaban J connectivity index is 0. The summed E-state index contributed by atoms with van der Waals surface area (Å²) in [5, 5.41) is 0. The summed E-state index contributed by atoms with van der Waals surface area (Å²) in [6.07, 6.45) is -0.0370. The van der Waals surface area contributed by atoms with E-state index in [2.05, 4.69) is 5.73 Å². The number of primary amides is 1. The smallest absolute Gasteiger partial charge is 0.214 e. The van der Waals surface area contributed by atoms with Crippen molar-refractivity contribution in [1.82, 2.24) is 0 Å². The topological polar surface area (TPSA) is 61.6 Å². The molecule has 0 aliphatic heterocycles. The largest absolute Gasteiger partial charge is 0.370 e. The Morgan fingerprint density at radius 2 is 1.58 bits per heavy atom. The summed E-state index contributed by atoms with van der Waals surface area (Å²) in [6, 6.07) is 0. The monoisotopic (exact) mass is 177 g/mol. The van der Waals surface area contributed by atoms with Crippen molar-refractivity contribution in [2.45, 2.75) is 34.0 Å². The first kappa shape index (κ1) is 13.9. The standard InChI is InChI=1S/C6H14O2.C2H5NO/c1-4-7-6(3)8-5-2;1-2(3)4/h6H,4-5H2,1-3H3;1H3,(H2,3,4). The first-order valence-corrected chi connectivity index (χ1v) is 4.03. The Morgan fingerprint density at radius 1 is 1.33 bits per heavy atom. The predicted molar refractivity (Wildman–Crippen MR) is 47.6 cm³/mol. The maximum Gasteiger partial charge on any atom is 0.214 e. The second-order valence-electron chi connectivity index (χ2n) is 2.09. The van der Waals surface area contributed by atoms with Crippen LogP contribution in [0.5, 0.6) is 0 Å². The van der Waals surface area contributed by atoms with E-state index in [0.29, 0.717) is 0 Å². The quantitative estimate of drug-likeness (QED) is 0.649. The van der Waals surface area contributed by atoms with Gasteiger partial charge in [0.25, 0.3) is 0 Å². The number of amides is 1. The Hall–Kier alpha value is -0.610. The molecule has 74 valence electrons. The van der Waals surface area contributed by atoms with Crippen LogP contribution in [0.4, 0.5) is 0 Å². The van der Waals surface area contributed by atoms with Gasteiger partial charge in [-0.3, -0.25) is 4.79 Å². The predicted octanol–water partition coefficient (Wildman–Crippen LogP) is 0.897. The van der Waals surface area contributed by atoms with E-state index in [9.17, 15) is 4.79 Å². The van der Waals surface area contributed by atoms with Crippen molar-refractivity contribution in [1.29, 1.82) is 0 Å². The van der Waals surface area contributed by atoms with Crippen molar-refractivity contribution >= 4 is 5.91 Å². The number of hydrogen-bond acceptors (Lipinski definition) is 3. The molecular formula is C8H19NO3. The third-order valence-electron chi connectivity index (χ3n) is 0.803. The zero-order valence-electron chi connectivity index (χ0n) is 8.29. The summed E-state index contributed by atoms with van der Waals surface area (Å²) in [5.41, 5.74) is 4.47. The number of carbonyl (C=O) groups is 1. The molecule has 4 nitrogen and oxygen atoms in total. The highest BCUT2D eigenvalue weighted by atomic mass is 16.7. The fourth-order valence-electron chi connectivity index (χ4n) is 0.518. The number of carbonyl (C=O) groups excluding carboxylic acids is 1. The van der Waals surface area contributed by atoms with Gasteiger partial charge in [0.15, 0.2) is 6.29 Å². The van der Waals surface area contributed by atoms with E-state index in [1.165, 1.54) is 6.92 Å². The maximum atomic E-state index is 9.22. The summed E-state index contributed by atoms with van der Waals surface area (Å²) in [6.45, 7) is 8.56. The first-order valence-electron chi connectivity index (χ1n) is 4.03. The molecular weight excluding hydrogens is 158 g/mol. The van der Waals surface area contributed by atoms with Crippen LogP contribution in [0, 0.1) is 0 Å². The van der Waals surface area contributed by atoms with Gasteiger partial charge in [-0.1, -0.05) is 0 Å². The highest BCUT2D eigenvalue weighted by molar-refractivity contribution is 5.70. The zero-order valence-corrected chi connectivity index (χ0v) is 8.29. The molecule has 0 rings (SSSR count). The molecule has 0 unspecified atom stereocenters. The number of ether oxygens (including phenoxy) is 2. The third-order valence-corrected chi connectivity index (χ3v) is 0.803. The molecule has 0 saturated heterocycles. The molecule has 0 aromatic carbocycles. The number of rotatable bonds is 4. The van der Waals surface area contributed by atoms with Crippen LogP contribution in [0.3, 0.4) is 0 Å². The fraction of sp³-hybridized carbons (Fsp3) is 0.875. The van der Waals surface area contributed by atoms with Crippen LogP contribution in [0.1, 0.15) is 27.7 Å². The van der Waals surface area contributed by atoms with E-state index in [-0.39, 0.29) is 12.2 Å². The molecule has 2 N–H and O–H groups in total. The third kappa shape index (κ3) is 22.8. The van der Waals surface area contributed by atoms with Crippen LogP contribution >= 0.6 is 0 Å². The van der Waals surface area contributed by atoms with E-state index >= 15 is 0 Å². The normalized spacial score (nSPS) is 9.08. The van der Waals surface area contributed by atoms with Crippen molar-refractivity contribution in [2.75, 3.05) is 13.2 Å². The van der Waals surface area contributed by atoms with Gasteiger partial charge in [0, 0.05) is 20.1 Å². The molecule has 0 saturated carbocycles. The lowest BCUT2D eigenvalue weighted by atomic mass is 10.7. The number of nitrogens with two attached hydrogens (primary N) is 1. The van der Waals surface area contributed by atoms with Crippen molar-refractivity contribution in [3.05, 3.63) is 0 Å². The van der Waals surface area contributed by atoms with Gasteiger partial charge in [-0.15, -0.1) is 0 Å². The molecule has 0 atom stereocenters. The Morgan fingerprint density at radius 3 is 1.75 bits per heavy atom. The molecule has 0 heterocycles. The molecule has 0 fully saturated rings. The minimum absolute atomic E-state index is 0.0370. The molecule has 12 heavy (non-hydrogen) atoms. The van der Waals surface area contributed by atoms with Crippen LogP contribution in [0.2, 0.25) is 0 Å². The SMILES string of the molecule is CC(N)=O.CCOC(C)OCC. The number of hydrogen-bond donors (Lipinski definition) is 1. The Bertz CT molecular complexity index is 96.5. The average molecular weight is 177 g/mol. The molecule has 0 bridgehead atoms. The molecule has 0 radical (unpaired) electrons. The van der Waals surface area contributed by atoms with Gasteiger partial charge in [-0.05, 0) is 20.8 Å². The minimum atomic E-state index is -0.333. The average Bonchev–Trinajstić information content (AvgIpc) is 1.87. The lowest BCUT2D eigenvalue weighted by Gasteiger charge is -2.09. The lowest BCUT2D eigenvalue weighted by molar-refractivity contribution is -0.123. The van der Waals surface area contributed by atoms with Crippen LogP contribution in [-0.4, -0.2) is 25.4 Å². The highest BCUT2D eigenvalue weighted by Gasteiger charge is 1.94. The van der Waals surface area contributed by atoms with E-state index < -0.39 is 0 Å². The maximum absolute atomic E-state index is 9.22. The van der Waals surface area contributed by atoms with Gasteiger partial charge in [-0.2, -0.15) is 0 Å². The summed E-state index contributed by atoms with van der Waals surface area (Å²) in [4.78, 5) is 9.22. The van der Waals surface area contributed by atoms with Gasteiger partial charge >= 0.3 is 0 Å². The molecule has 0 aromatic rings. The van der Waals surface area contributed by atoms with Crippen LogP contribution in [0.25, 0.3) is 0 Å². The fourth-order valence-corrected chi connectivity index (χ4v) is 0.518. The van der Waals surface area contributed by atoms with Gasteiger partial charge in [-0.25, -0.2) is 0 Å². The summed E-state index contributed by atoms with van der Waals surface area (Å²) in [5.74, 6) is -0.333. The van der Waals surface area contributed by atoms with Gasteiger partial charge < -0.3 is 15.2 Å². The van der Waals surface area contributed by atoms with Gasteiger partial charge in [0.1, 0.15) is 0 Å². The Kier molecular flexibility index (Phi) is 12.1. The zero-order chi connectivity index (χ0) is 9.98. The molecule has 0 aliphatic rings. The second-order valence-corrected chi connectivity index (χ2v) is 2.09. The highest BCUT2D eigenvalue weighted by Crippen LogP contribution is 1.90. The molecule has 4 heteroatoms. The van der Waals surface area contributed by atoms with Crippen LogP contribution in [0.15, 0.2) is 0 Å². The summed E-state index contributed by atoms with van der Waals surface area (Å²) >= 11 is 0.